The Balaban J connectivity index is 1.40. The zero-order valence-corrected chi connectivity index (χ0v) is 23.7. The number of carbonyl (C=O) groups excluding carboxylic acids is 1. The predicted octanol–water partition coefficient (Wildman–Crippen LogP) is 6.52. The standard InChI is InChI=1S/C31H25F8N5O2/c32-16-9-15(10-17(33)12-16)11-22(26-19(4-2-8-40-26)18-3-1-5-21-20(18)13-23(45)41-21)42-24(46)14-44-28-25(27(43-44)29(34)35)30(36,37)6-7-31(28,38)39/h1-5,8-10,12,22-23,29,41,45H,6-7,11,13-14H2,(H,42,46)/t22-,23?/m0/s1. The molecule has 0 bridgehead atoms. The number of benzene rings is 2. The molecule has 2 aromatic heterocycles. The van der Waals surface area contributed by atoms with Gasteiger partial charge in [0.15, 0.2) is 0 Å². The van der Waals surface area contributed by atoms with Crippen LogP contribution >= 0.6 is 0 Å². The number of carbonyl (C=O) groups is 1. The van der Waals surface area contributed by atoms with Gasteiger partial charge in [0.05, 0.1) is 17.3 Å². The van der Waals surface area contributed by atoms with E-state index in [1.54, 1.807) is 30.3 Å². The van der Waals surface area contributed by atoms with Crippen LogP contribution in [0, 0.1) is 11.6 Å². The Hall–Kier alpha value is -4.53. The van der Waals surface area contributed by atoms with E-state index in [4.69, 9.17) is 0 Å². The molecule has 2 aromatic carbocycles. The van der Waals surface area contributed by atoms with Gasteiger partial charge >= 0.3 is 0 Å². The Bertz CT molecular complexity index is 1790. The fourth-order valence-electron chi connectivity index (χ4n) is 6.13. The number of aliphatic hydroxyl groups excluding tert-OH is 1. The van der Waals surface area contributed by atoms with E-state index in [-0.39, 0.29) is 28.8 Å². The van der Waals surface area contributed by atoms with Gasteiger partial charge in [-0.05, 0) is 47.4 Å². The maximum Gasteiger partial charge on any atom is 0.290 e. The lowest BCUT2D eigenvalue weighted by molar-refractivity contribution is -0.123. The summed E-state index contributed by atoms with van der Waals surface area (Å²) in [5.74, 6) is -10.9. The lowest BCUT2D eigenvalue weighted by Gasteiger charge is -2.29. The monoisotopic (exact) mass is 651 g/mol. The van der Waals surface area contributed by atoms with E-state index in [1.165, 1.54) is 6.20 Å². The molecule has 0 fully saturated rings. The Morgan fingerprint density at radius 2 is 1.70 bits per heavy atom. The van der Waals surface area contributed by atoms with Crippen molar-refractivity contribution in [1.82, 2.24) is 20.1 Å². The van der Waals surface area contributed by atoms with Gasteiger partial charge in [0.2, 0.25) is 5.91 Å². The van der Waals surface area contributed by atoms with Crippen molar-refractivity contribution in [3.8, 4) is 11.1 Å². The highest BCUT2D eigenvalue weighted by atomic mass is 19.3. The first kappa shape index (κ1) is 31.5. The third kappa shape index (κ3) is 5.90. The third-order valence-electron chi connectivity index (χ3n) is 8.00. The van der Waals surface area contributed by atoms with Gasteiger partial charge in [-0.3, -0.25) is 14.5 Å². The summed E-state index contributed by atoms with van der Waals surface area (Å²) in [4.78, 5) is 17.8. The largest absolute Gasteiger partial charge is 0.373 e. The van der Waals surface area contributed by atoms with E-state index >= 15 is 0 Å². The highest BCUT2D eigenvalue weighted by Gasteiger charge is 2.55. The van der Waals surface area contributed by atoms with Gasteiger partial charge in [0.1, 0.15) is 35.8 Å². The Morgan fingerprint density at radius 1 is 1.00 bits per heavy atom. The minimum Gasteiger partial charge on any atom is -0.373 e. The Morgan fingerprint density at radius 3 is 2.41 bits per heavy atom. The summed E-state index contributed by atoms with van der Waals surface area (Å²) in [5.41, 5.74) is -1.92. The average molecular weight is 652 g/mol. The van der Waals surface area contributed by atoms with Crippen molar-refractivity contribution in [3.63, 3.8) is 0 Å². The van der Waals surface area contributed by atoms with E-state index in [0.29, 0.717) is 22.9 Å². The molecule has 242 valence electrons. The van der Waals surface area contributed by atoms with Crippen molar-refractivity contribution in [3.05, 3.63) is 100 Å². The number of fused-ring (bicyclic) bond motifs is 2. The SMILES string of the molecule is O=C(Cn1nc(C(F)F)c2c1C(F)(F)CCC2(F)F)N[C@@H](Cc1cc(F)cc(F)c1)c1ncccc1-c1cccc2c1CC(O)N2. The number of anilines is 1. The van der Waals surface area contributed by atoms with Crippen LogP contribution in [0.3, 0.4) is 0 Å². The number of pyridine rings is 1. The van der Waals surface area contributed by atoms with Crippen LogP contribution in [0.1, 0.15) is 59.1 Å². The molecule has 3 N–H and O–H groups in total. The second-order valence-electron chi connectivity index (χ2n) is 11.2. The minimum atomic E-state index is -4.03. The molecule has 2 atom stereocenters. The van der Waals surface area contributed by atoms with E-state index in [9.17, 15) is 45.0 Å². The Labute approximate surface area is 256 Å². The van der Waals surface area contributed by atoms with Gasteiger partial charge in [-0.15, -0.1) is 0 Å². The zero-order valence-electron chi connectivity index (χ0n) is 23.7. The number of halogens is 8. The quantitative estimate of drug-likeness (QED) is 0.189. The van der Waals surface area contributed by atoms with Crippen molar-refractivity contribution >= 4 is 11.6 Å². The molecular formula is C31H25F8N5O2. The molecule has 2 aliphatic rings. The van der Waals surface area contributed by atoms with Gasteiger partial charge < -0.3 is 15.7 Å². The van der Waals surface area contributed by atoms with Crippen LogP contribution < -0.4 is 10.6 Å². The van der Waals surface area contributed by atoms with Crippen LogP contribution in [0.5, 0.6) is 0 Å². The van der Waals surface area contributed by atoms with E-state index in [1.807, 2.05) is 0 Å². The molecule has 1 amide bonds. The van der Waals surface area contributed by atoms with Gasteiger partial charge in [0.25, 0.3) is 18.3 Å². The van der Waals surface area contributed by atoms with Gasteiger partial charge in [-0.2, -0.15) is 13.9 Å². The fraction of sp³-hybridized carbons (Fsp3) is 0.323. The molecule has 7 nitrogen and oxygen atoms in total. The number of rotatable bonds is 8. The van der Waals surface area contributed by atoms with Crippen LogP contribution in [0.25, 0.3) is 11.1 Å². The van der Waals surface area contributed by atoms with Crippen molar-refractivity contribution in [2.75, 3.05) is 5.32 Å². The zero-order chi connectivity index (χ0) is 33.0. The summed E-state index contributed by atoms with van der Waals surface area (Å²) >= 11 is 0. The normalized spacial score (nSPS) is 18.5. The molecule has 0 saturated carbocycles. The highest BCUT2D eigenvalue weighted by Crippen LogP contribution is 2.52. The van der Waals surface area contributed by atoms with E-state index in [0.717, 1.165) is 17.7 Å². The molecule has 46 heavy (non-hydrogen) atoms. The average Bonchev–Trinajstić information content (AvgIpc) is 3.56. The number of nitrogens with zero attached hydrogens (tertiary/aromatic N) is 3. The summed E-state index contributed by atoms with van der Waals surface area (Å²) in [7, 11) is 0. The smallest absolute Gasteiger partial charge is 0.290 e. The van der Waals surface area contributed by atoms with Crippen LogP contribution in [-0.4, -0.2) is 32.0 Å². The summed E-state index contributed by atoms with van der Waals surface area (Å²) in [6.45, 7) is -1.15. The molecule has 0 radical (unpaired) electrons. The number of hydrogen-bond donors (Lipinski definition) is 3. The van der Waals surface area contributed by atoms with Crippen molar-refractivity contribution < 1.29 is 45.0 Å². The lowest BCUT2D eigenvalue weighted by Crippen LogP contribution is -2.37. The van der Waals surface area contributed by atoms with Crippen LogP contribution in [-0.2, 0) is 36.0 Å². The van der Waals surface area contributed by atoms with E-state index < -0.39 is 84.4 Å². The summed E-state index contributed by atoms with van der Waals surface area (Å²) in [6.07, 6.45) is -5.87. The molecule has 1 aliphatic carbocycles. The third-order valence-corrected chi connectivity index (χ3v) is 8.00. The van der Waals surface area contributed by atoms with E-state index in [2.05, 4.69) is 20.7 Å². The summed E-state index contributed by atoms with van der Waals surface area (Å²) in [5, 5.41) is 19.0. The van der Waals surface area contributed by atoms with Crippen molar-refractivity contribution in [2.24, 2.45) is 0 Å². The fourth-order valence-corrected chi connectivity index (χ4v) is 6.13. The summed E-state index contributed by atoms with van der Waals surface area (Å²) < 4.78 is 115. The Kier molecular flexibility index (Phi) is 7.99. The van der Waals surface area contributed by atoms with Crippen molar-refractivity contribution in [1.29, 1.82) is 0 Å². The van der Waals surface area contributed by atoms with Gasteiger partial charge in [-0.1, -0.05) is 18.2 Å². The van der Waals surface area contributed by atoms with Crippen LogP contribution in [0.4, 0.5) is 40.8 Å². The molecule has 0 saturated heterocycles. The number of alkyl halides is 6. The first-order valence-corrected chi connectivity index (χ1v) is 14.1. The minimum absolute atomic E-state index is 0.0809. The molecular weight excluding hydrogens is 626 g/mol. The molecule has 15 heteroatoms. The van der Waals surface area contributed by atoms with Crippen LogP contribution in [0.15, 0.2) is 54.7 Å². The first-order valence-electron chi connectivity index (χ1n) is 14.1. The molecule has 4 aromatic rings. The second-order valence-corrected chi connectivity index (χ2v) is 11.2. The molecule has 0 spiro atoms. The molecule has 6 rings (SSSR count). The van der Waals surface area contributed by atoms with Crippen molar-refractivity contribution in [2.45, 2.75) is 62.8 Å². The van der Waals surface area contributed by atoms with Gasteiger partial charge in [-0.25, -0.2) is 26.3 Å². The van der Waals surface area contributed by atoms with Gasteiger partial charge in [0, 0.05) is 42.8 Å². The van der Waals surface area contributed by atoms with Crippen LogP contribution in [0.2, 0.25) is 0 Å². The highest BCUT2D eigenvalue weighted by molar-refractivity contribution is 5.79. The summed E-state index contributed by atoms with van der Waals surface area (Å²) in [6, 6.07) is 9.95. The number of hydrogen-bond acceptors (Lipinski definition) is 5. The first-order chi connectivity index (χ1) is 21.7. The number of amides is 1. The molecule has 3 heterocycles. The second kappa shape index (κ2) is 11.7. The predicted molar refractivity (Wildman–Crippen MR) is 148 cm³/mol. The lowest BCUT2D eigenvalue weighted by atomic mass is 9.89. The molecule has 1 unspecified atom stereocenters. The number of nitrogens with one attached hydrogen (secondary N) is 2. The number of aromatic nitrogens is 3. The maximum absolute atomic E-state index is 14.9. The maximum atomic E-state index is 14.9. The topological polar surface area (TPSA) is 92.1 Å². The molecule has 1 aliphatic heterocycles. The number of aliphatic hydroxyl groups is 1.